The van der Waals surface area contributed by atoms with Gasteiger partial charge < -0.3 is 33.5 Å². The number of carbonyl (C=O) groups is 3. The van der Waals surface area contributed by atoms with Gasteiger partial charge in [0.1, 0.15) is 24.4 Å². The molecule has 3 saturated heterocycles. The van der Waals surface area contributed by atoms with Crippen molar-refractivity contribution in [2.45, 2.75) is 103 Å². The van der Waals surface area contributed by atoms with Gasteiger partial charge in [-0.2, -0.15) is 0 Å². The fourth-order valence-corrected chi connectivity index (χ4v) is 8.15. The first kappa shape index (κ1) is 25.9. The van der Waals surface area contributed by atoms with Gasteiger partial charge in [-0.15, -0.1) is 0 Å². The third-order valence-electron chi connectivity index (χ3n) is 9.88. The summed E-state index contributed by atoms with van der Waals surface area (Å²) in [6, 6.07) is 0. The van der Waals surface area contributed by atoms with Crippen LogP contribution in [0.25, 0.3) is 0 Å². The van der Waals surface area contributed by atoms with Crippen LogP contribution >= 0.6 is 0 Å². The first-order valence-electron chi connectivity index (χ1n) is 13.0. The second-order valence-electron chi connectivity index (χ2n) is 11.6. The van der Waals surface area contributed by atoms with E-state index in [2.05, 4.69) is 13.8 Å². The molecule has 0 radical (unpaired) electrons. The molecule has 0 aromatic carbocycles. The molecule has 5 rings (SSSR count). The fraction of sp³-hybridized carbons (Fsp3) is 0.885. The number of epoxide rings is 1. The van der Waals surface area contributed by atoms with Gasteiger partial charge in [0.2, 0.25) is 0 Å². The molecule has 1 spiro atoms. The number of hydrogen-bond donors (Lipinski definition) is 1. The van der Waals surface area contributed by atoms with E-state index in [0.29, 0.717) is 32.3 Å². The molecule has 0 aromatic heterocycles. The summed E-state index contributed by atoms with van der Waals surface area (Å²) in [4.78, 5) is 36.5. The van der Waals surface area contributed by atoms with Crippen LogP contribution in [-0.2, 0) is 42.8 Å². The van der Waals surface area contributed by atoms with E-state index in [-0.39, 0.29) is 30.5 Å². The van der Waals surface area contributed by atoms with E-state index in [1.165, 1.54) is 20.8 Å². The average molecular weight is 511 g/mol. The summed E-state index contributed by atoms with van der Waals surface area (Å²) in [6.45, 7) is 8.77. The number of hydrogen-bond acceptors (Lipinski definition) is 10. The molecule has 202 valence electrons. The molecule has 0 amide bonds. The molecule has 1 unspecified atom stereocenters. The summed E-state index contributed by atoms with van der Waals surface area (Å²) >= 11 is 0. The van der Waals surface area contributed by atoms with Crippen LogP contribution in [0, 0.1) is 28.6 Å². The van der Waals surface area contributed by atoms with Crippen molar-refractivity contribution < 1.29 is 47.9 Å². The van der Waals surface area contributed by atoms with Gasteiger partial charge >= 0.3 is 17.9 Å². The zero-order chi connectivity index (χ0) is 26.0. The minimum absolute atomic E-state index is 0.0141. The summed E-state index contributed by atoms with van der Waals surface area (Å²) in [5.41, 5.74) is -2.26. The lowest BCUT2D eigenvalue weighted by Gasteiger charge is -2.64. The average Bonchev–Trinajstić information content (AvgIpc) is 3.36. The second-order valence-corrected chi connectivity index (χ2v) is 11.6. The summed E-state index contributed by atoms with van der Waals surface area (Å²) < 4.78 is 35.8. The van der Waals surface area contributed by atoms with E-state index in [1.54, 1.807) is 0 Å². The monoisotopic (exact) mass is 510 g/mol. The van der Waals surface area contributed by atoms with Gasteiger partial charge in [0.05, 0.1) is 18.1 Å². The summed E-state index contributed by atoms with van der Waals surface area (Å²) in [6.07, 6.45) is 0.456. The van der Waals surface area contributed by atoms with Gasteiger partial charge in [0.25, 0.3) is 0 Å². The van der Waals surface area contributed by atoms with E-state index in [0.717, 1.165) is 6.42 Å². The molecule has 10 nitrogen and oxygen atoms in total. The quantitative estimate of drug-likeness (QED) is 0.333. The largest absolute Gasteiger partial charge is 0.465 e. The Morgan fingerprint density at radius 1 is 0.944 bits per heavy atom. The molecule has 5 aliphatic rings. The van der Waals surface area contributed by atoms with Crippen molar-refractivity contribution in [1.29, 1.82) is 0 Å². The van der Waals surface area contributed by atoms with Crippen molar-refractivity contribution in [1.82, 2.24) is 0 Å². The number of aliphatic hydroxyl groups excluding tert-OH is 1. The predicted molar refractivity (Wildman–Crippen MR) is 122 cm³/mol. The Balaban J connectivity index is 1.59. The molecule has 2 aliphatic carbocycles. The first-order chi connectivity index (χ1) is 16.9. The highest BCUT2D eigenvalue weighted by atomic mass is 16.7. The Bertz CT molecular complexity index is 902. The number of carbonyl (C=O) groups excluding carboxylic acids is 3. The normalized spacial score (nSPS) is 49.2. The Morgan fingerprint density at radius 3 is 2.19 bits per heavy atom. The SMILES string of the molecule is CC(=O)OC[C@@]12C(CC[C@H](OC(C)=O)[C@]13CO3)[C@@](C)([C@@H]1C[C@H]3C[C@H](O)O[C@H]3O1)[C@H](C)C[C@@H]2OC(C)=O. The molecule has 0 aromatic rings. The molecule has 10 heteroatoms. The van der Waals surface area contributed by atoms with E-state index < -0.39 is 59.1 Å². The summed E-state index contributed by atoms with van der Waals surface area (Å²) in [7, 11) is 0. The molecular weight excluding hydrogens is 472 g/mol. The number of ether oxygens (including phenoxy) is 6. The summed E-state index contributed by atoms with van der Waals surface area (Å²) in [5, 5.41) is 9.94. The Kier molecular flexibility index (Phi) is 6.42. The van der Waals surface area contributed by atoms with Crippen LogP contribution in [0.2, 0.25) is 0 Å². The van der Waals surface area contributed by atoms with Crippen LogP contribution in [0.1, 0.15) is 66.7 Å². The van der Waals surface area contributed by atoms with Gasteiger partial charge in [-0.3, -0.25) is 14.4 Å². The maximum atomic E-state index is 12.3. The van der Waals surface area contributed by atoms with E-state index in [1.807, 2.05) is 0 Å². The molecule has 3 heterocycles. The lowest BCUT2D eigenvalue weighted by molar-refractivity contribution is -0.275. The van der Waals surface area contributed by atoms with Crippen molar-refractivity contribution in [2.24, 2.45) is 28.6 Å². The lowest BCUT2D eigenvalue weighted by Crippen LogP contribution is -2.72. The van der Waals surface area contributed by atoms with Crippen LogP contribution in [0.4, 0.5) is 0 Å². The van der Waals surface area contributed by atoms with Gasteiger partial charge in [-0.1, -0.05) is 13.8 Å². The molecule has 0 bridgehead atoms. The third kappa shape index (κ3) is 3.78. The van der Waals surface area contributed by atoms with Gasteiger partial charge in [0.15, 0.2) is 12.6 Å². The number of fused-ring (bicyclic) bond motifs is 3. The fourth-order valence-electron chi connectivity index (χ4n) is 8.15. The summed E-state index contributed by atoms with van der Waals surface area (Å²) in [5.74, 6) is -1.20. The standard InChI is InChI=1S/C26H38O10/c1-13-8-21(34-16(4)29)25(11-31-14(2)27)18(6-7-19(33-15(3)28)26(25)12-32-26)24(13,5)20-9-17-10-22(30)36-23(17)35-20/h13,17-23,30H,6-12H2,1-5H3/t13-,17+,18?,19+,20+,21+,22-,23-,24+,25+,26-/m1/s1. The topological polar surface area (TPSA) is 130 Å². The highest BCUT2D eigenvalue weighted by molar-refractivity contribution is 5.67. The van der Waals surface area contributed by atoms with Gasteiger partial charge in [-0.05, 0) is 37.5 Å². The maximum Gasteiger partial charge on any atom is 0.303 e. The smallest absolute Gasteiger partial charge is 0.303 e. The van der Waals surface area contributed by atoms with Crippen LogP contribution in [-0.4, -0.2) is 72.7 Å². The lowest BCUT2D eigenvalue weighted by atomic mass is 9.42. The maximum absolute atomic E-state index is 12.3. The third-order valence-corrected chi connectivity index (χ3v) is 9.88. The van der Waals surface area contributed by atoms with Crippen molar-refractivity contribution in [3.8, 4) is 0 Å². The molecule has 1 N–H and O–H groups in total. The van der Waals surface area contributed by atoms with Crippen LogP contribution < -0.4 is 0 Å². The molecule has 5 fully saturated rings. The highest BCUT2D eigenvalue weighted by Crippen LogP contribution is 2.70. The van der Waals surface area contributed by atoms with E-state index in [9.17, 15) is 19.5 Å². The molecule has 11 atom stereocenters. The molecular formula is C26H38O10. The van der Waals surface area contributed by atoms with Gasteiger partial charge in [0, 0.05) is 38.5 Å². The zero-order valence-corrected chi connectivity index (χ0v) is 21.7. The molecule has 2 saturated carbocycles. The highest BCUT2D eigenvalue weighted by Gasteiger charge is 2.80. The zero-order valence-electron chi connectivity index (χ0n) is 21.7. The Hall–Kier alpha value is -1.75. The molecule has 36 heavy (non-hydrogen) atoms. The molecule has 3 aliphatic heterocycles. The first-order valence-corrected chi connectivity index (χ1v) is 13.0. The predicted octanol–water partition coefficient (Wildman–Crippen LogP) is 2.09. The van der Waals surface area contributed by atoms with Crippen LogP contribution in [0.15, 0.2) is 0 Å². The number of aliphatic hydroxyl groups is 1. The van der Waals surface area contributed by atoms with Crippen LogP contribution in [0.5, 0.6) is 0 Å². The minimum atomic E-state index is -0.931. The van der Waals surface area contributed by atoms with Crippen LogP contribution in [0.3, 0.4) is 0 Å². The van der Waals surface area contributed by atoms with Gasteiger partial charge in [-0.25, -0.2) is 0 Å². The van der Waals surface area contributed by atoms with E-state index in [4.69, 9.17) is 28.4 Å². The Labute approximate surface area is 211 Å². The van der Waals surface area contributed by atoms with Crippen molar-refractivity contribution in [3.63, 3.8) is 0 Å². The number of esters is 3. The van der Waals surface area contributed by atoms with Crippen molar-refractivity contribution in [2.75, 3.05) is 13.2 Å². The Morgan fingerprint density at radius 2 is 1.61 bits per heavy atom. The van der Waals surface area contributed by atoms with Crippen molar-refractivity contribution >= 4 is 17.9 Å². The second kappa shape index (κ2) is 8.92. The van der Waals surface area contributed by atoms with Crippen molar-refractivity contribution in [3.05, 3.63) is 0 Å². The van der Waals surface area contributed by atoms with E-state index >= 15 is 0 Å². The number of rotatable bonds is 5. The minimum Gasteiger partial charge on any atom is -0.465 e.